The molecule has 1 saturated heterocycles. The molecule has 1 aromatic carbocycles. The molecule has 0 aromatic heterocycles. The van der Waals surface area contributed by atoms with Crippen molar-refractivity contribution in [2.45, 2.75) is 39.3 Å². The first kappa shape index (κ1) is 14.2. The minimum Gasteiger partial charge on any atom is -0.350 e. The van der Waals surface area contributed by atoms with Crippen LogP contribution < -0.4 is 5.32 Å². The quantitative estimate of drug-likeness (QED) is 0.846. The molecular formula is C15H18N2O3. The highest BCUT2D eigenvalue weighted by molar-refractivity contribution is 6.01. The molecule has 1 aliphatic heterocycles. The first-order valence-electron chi connectivity index (χ1n) is 6.70. The van der Waals surface area contributed by atoms with Crippen molar-refractivity contribution in [1.29, 1.82) is 0 Å². The van der Waals surface area contributed by atoms with E-state index in [1.807, 2.05) is 13.8 Å². The Balaban J connectivity index is 2.03. The van der Waals surface area contributed by atoms with Gasteiger partial charge in [0.2, 0.25) is 11.8 Å². The average molecular weight is 274 g/mol. The van der Waals surface area contributed by atoms with Crippen LogP contribution in [0.1, 0.15) is 42.6 Å². The summed E-state index contributed by atoms with van der Waals surface area (Å²) in [4.78, 5) is 36.1. The Bertz CT molecular complexity index is 519. The zero-order valence-electron chi connectivity index (χ0n) is 11.7. The average Bonchev–Trinajstić information content (AvgIpc) is 2.70. The normalized spacial score (nSPS) is 15.1. The van der Waals surface area contributed by atoms with Crippen molar-refractivity contribution in [3.8, 4) is 0 Å². The molecule has 20 heavy (non-hydrogen) atoms. The van der Waals surface area contributed by atoms with E-state index in [2.05, 4.69) is 5.32 Å². The lowest BCUT2D eigenvalue weighted by atomic mass is 10.1. The number of benzene rings is 1. The molecule has 0 aliphatic carbocycles. The number of likely N-dealkylation sites (tertiary alicyclic amines) is 1. The molecule has 5 nitrogen and oxygen atoms in total. The number of hydrogen-bond acceptors (Lipinski definition) is 3. The predicted octanol–water partition coefficient (Wildman–Crippen LogP) is 1.47. The zero-order valence-corrected chi connectivity index (χ0v) is 11.7. The van der Waals surface area contributed by atoms with Gasteiger partial charge in [-0.25, -0.2) is 0 Å². The van der Waals surface area contributed by atoms with Gasteiger partial charge in [-0.15, -0.1) is 0 Å². The third kappa shape index (κ3) is 3.23. The molecule has 1 aliphatic rings. The maximum absolute atomic E-state index is 11.8. The van der Waals surface area contributed by atoms with Gasteiger partial charge in [0.15, 0.2) is 0 Å². The summed E-state index contributed by atoms with van der Waals surface area (Å²) in [6, 6.07) is 7.04. The molecule has 0 atom stereocenters. The molecule has 106 valence electrons. The highest BCUT2D eigenvalue weighted by Gasteiger charge is 2.28. The predicted molar refractivity (Wildman–Crippen MR) is 73.8 cm³/mol. The van der Waals surface area contributed by atoms with Crippen molar-refractivity contribution in [2.24, 2.45) is 0 Å². The molecule has 0 radical (unpaired) electrons. The molecule has 3 amide bonds. The minimum atomic E-state index is -0.128. The summed E-state index contributed by atoms with van der Waals surface area (Å²) in [6.07, 6.45) is 0.599. The fourth-order valence-electron chi connectivity index (χ4n) is 2.09. The van der Waals surface area contributed by atoms with Gasteiger partial charge in [0.1, 0.15) is 0 Å². The summed E-state index contributed by atoms with van der Waals surface area (Å²) in [7, 11) is 0. The largest absolute Gasteiger partial charge is 0.350 e. The first-order chi connectivity index (χ1) is 9.47. The summed E-state index contributed by atoms with van der Waals surface area (Å²) in [5, 5.41) is 2.81. The van der Waals surface area contributed by atoms with E-state index < -0.39 is 0 Å². The van der Waals surface area contributed by atoms with Crippen LogP contribution in [0.2, 0.25) is 0 Å². The van der Waals surface area contributed by atoms with Crippen LogP contribution in [0.3, 0.4) is 0 Å². The lowest BCUT2D eigenvalue weighted by molar-refractivity contribution is -0.139. The molecule has 0 bridgehead atoms. The highest BCUT2D eigenvalue weighted by atomic mass is 16.2. The fraction of sp³-hybridized carbons (Fsp3) is 0.400. The summed E-state index contributed by atoms with van der Waals surface area (Å²) in [5.74, 6) is -0.381. The van der Waals surface area contributed by atoms with Crippen molar-refractivity contribution in [3.05, 3.63) is 35.4 Å². The van der Waals surface area contributed by atoms with E-state index in [9.17, 15) is 14.4 Å². The number of imide groups is 1. The molecule has 1 heterocycles. The summed E-state index contributed by atoms with van der Waals surface area (Å²) in [5.41, 5.74) is 1.41. The Kier molecular flexibility index (Phi) is 4.17. The van der Waals surface area contributed by atoms with E-state index in [0.717, 1.165) is 5.56 Å². The van der Waals surface area contributed by atoms with Gasteiger partial charge >= 0.3 is 0 Å². The Morgan fingerprint density at radius 1 is 1.15 bits per heavy atom. The molecule has 0 saturated carbocycles. The Morgan fingerprint density at radius 2 is 1.70 bits per heavy atom. The molecular weight excluding hydrogens is 256 g/mol. The van der Waals surface area contributed by atoms with Gasteiger partial charge in [-0.2, -0.15) is 0 Å². The van der Waals surface area contributed by atoms with Crippen LogP contribution in [-0.2, 0) is 16.1 Å². The molecule has 0 spiro atoms. The van der Waals surface area contributed by atoms with Crippen molar-refractivity contribution in [3.63, 3.8) is 0 Å². The standard InChI is InChI=1S/C15H18N2O3/c1-10(2)16-15(20)12-5-3-11(4-6-12)9-17-13(18)7-8-14(17)19/h3-6,10H,7-9H2,1-2H3,(H,16,20). The lowest BCUT2D eigenvalue weighted by Crippen LogP contribution is -2.30. The second-order valence-corrected chi connectivity index (χ2v) is 5.20. The molecule has 0 unspecified atom stereocenters. The van der Waals surface area contributed by atoms with Gasteiger partial charge in [0, 0.05) is 24.4 Å². The number of rotatable bonds is 4. The van der Waals surface area contributed by atoms with Gasteiger partial charge in [-0.3, -0.25) is 19.3 Å². The van der Waals surface area contributed by atoms with Gasteiger partial charge in [0.25, 0.3) is 5.91 Å². The molecule has 1 fully saturated rings. The Hall–Kier alpha value is -2.17. The van der Waals surface area contributed by atoms with Crippen LogP contribution in [-0.4, -0.2) is 28.7 Å². The van der Waals surface area contributed by atoms with E-state index in [4.69, 9.17) is 0 Å². The fourth-order valence-corrected chi connectivity index (χ4v) is 2.09. The highest BCUT2D eigenvalue weighted by Crippen LogP contribution is 2.16. The van der Waals surface area contributed by atoms with Gasteiger partial charge in [0.05, 0.1) is 6.54 Å². The maximum atomic E-state index is 11.8. The minimum absolute atomic E-state index is 0.0852. The first-order valence-corrected chi connectivity index (χ1v) is 6.70. The third-order valence-corrected chi connectivity index (χ3v) is 3.13. The van der Waals surface area contributed by atoms with E-state index in [1.54, 1.807) is 24.3 Å². The van der Waals surface area contributed by atoms with Crippen LogP contribution in [0, 0.1) is 0 Å². The lowest BCUT2D eigenvalue weighted by Gasteiger charge is -2.14. The number of carbonyl (C=O) groups is 3. The van der Waals surface area contributed by atoms with E-state index >= 15 is 0 Å². The van der Waals surface area contributed by atoms with Crippen LogP contribution in [0.15, 0.2) is 24.3 Å². The number of amides is 3. The van der Waals surface area contributed by atoms with Crippen LogP contribution in [0.5, 0.6) is 0 Å². The Labute approximate surface area is 118 Å². The van der Waals surface area contributed by atoms with Crippen molar-refractivity contribution < 1.29 is 14.4 Å². The summed E-state index contributed by atoms with van der Waals surface area (Å²) < 4.78 is 0. The summed E-state index contributed by atoms with van der Waals surface area (Å²) in [6.45, 7) is 4.08. The SMILES string of the molecule is CC(C)NC(=O)c1ccc(CN2C(=O)CCC2=O)cc1. The third-order valence-electron chi connectivity index (χ3n) is 3.13. The zero-order chi connectivity index (χ0) is 14.7. The van der Waals surface area contributed by atoms with Gasteiger partial charge < -0.3 is 5.32 Å². The second kappa shape index (κ2) is 5.86. The molecule has 5 heteroatoms. The monoisotopic (exact) mass is 274 g/mol. The Morgan fingerprint density at radius 3 is 2.20 bits per heavy atom. The number of hydrogen-bond donors (Lipinski definition) is 1. The van der Waals surface area contributed by atoms with Crippen LogP contribution in [0.4, 0.5) is 0 Å². The topological polar surface area (TPSA) is 66.5 Å². The van der Waals surface area contributed by atoms with Crippen molar-refractivity contribution in [1.82, 2.24) is 10.2 Å². The molecule has 1 aromatic rings. The van der Waals surface area contributed by atoms with Crippen LogP contribution in [0.25, 0.3) is 0 Å². The molecule has 2 rings (SSSR count). The number of nitrogens with one attached hydrogen (secondary N) is 1. The molecule has 1 N–H and O–H groups in total. The van der Waals surface area contributed by atoms with Gasteiger partial charge in [-0.05, 0) is 31.5 Å². The van der Waals surface area contributed by atoms with Crippen molar-refractivity contribution >= 4 is 17.7 Å². The van der Waals surface area contributed by atoms with Crippen LogP contribution >= 0.6 is 0 Å². The smallest absolute Gasteiger partial charge is 0.251 e. The maximum Gasteiger partial charge on any atom is 0.251 e. The van der Waals surface area contributed by atoms with E-state index in [1.165, 1.54) is 4.90 Å². The second-order valence-electron chi connectivity index (χ2n) is 5.20. The van der Waals surface area contributed by atoms with E-state index in [0.29, 0.717) is 18.4 Å². The number of carbonyl (C=O) groups excluding carboxylic acids is 3. The van der Waals surface area contributed by atoms with Crippen molar-refractivity contribution in [2.75, 3.05) is 0 Å². The van der Waals surface area contributed by atoms with Gasteiger partial charge in [-0.1, -0.05) is 12.1 Å². The summed E-state index contributed by atoms with van der Waals surface area (Å²) >= 11 is 0. The number of nitrogens with zero attached hydrogens (tertiary/aromatic N) is 1. The van der Waals surface area contributed by atoms with E-state index in [-0.39, 0.29) is 30.3 Å².